The minimum atomic E-state index is -0.984. The van der Waals surface area contributed by atoms with Crippen LogP contribution >= 0.6 is 0 Å². The molecule has 5 heteroatoms. The molecule has 94 valence electrons. The summed E-state index contributed by atoms with van der Waals surface area (Å²) in [6, 6.07) is 0. The molecule has 2 aromatic heterocycles. The van der Waals surface area contributed by atoms with E-state index in [4.69, 9.17) is 0 Å². The number of nitrogens with zero attached hydrogens (tertiary/aromatic N) is 3. The lowest BCUT2D eigenvalue weighted by Crippen LogP contribution is -2.08. The number of aromatic nitrogens is 3. The van der Waals surface area contributed by atoms with Crippen LogP contribution in [0.25, 0.3) is 5.52 Å². The molecule has 0 bridgehead atoms. The first kappa shape index (κ1) is 11.2. The summed E-state index contributed by atoms with van der Waals surface area (Å²) in [4.78, 5) is 19.5. The van der Waals surface area contributed by atoms with E-state index in [1.807, 2.05) is 4.40 Å². The number of imidazole rings is 1. The highest BCUT2D eigenvalue weighted by molar-refractivity contribution is 5.93. The third kappa shape index (κ3) is 1.75. The van der Waals surface area contributed by atoms with E-state index in [-0.39, 0.29) is 5.69 Å². The molecule has 0 unspecified atom stereocenters. The van der Waals surface area contributed by atoms with E-state index in [9.17, 15) is 9.90 Å². The van der Waals surface area contributed by atoms with Crippen molar-refractivity contribution in [3.05, 3.63) is 30.1 Å². The summed E-state index contributed by atoms with van der Waals surface area (Å²) in [7, 11) is 0. The van der Waals surface area contributed by atoms with Crippen LogP contribution in [-0.2, 0) is 0 Å². The van der Waals surface area contributed by atoms with Crippen LogP contribution in [0.5, 0.6) is 0 Å². The van der Waals surface area contributed by atoms with Crippen LogP contribution in [-0.4, -0.2) is 25.4 Å². The van der Waals surface area contributed by atoms with E-state index in [2.05, 4.69) is 9.97 Å². The number of carboxylic acid groups (broad SMARTS) is 1. The topological polar surface area (TPSA) is 67.5 Å². The largest absolute Gasteiger partial charge is 0.476 e. The van der Waals surface area contributed by atoms with Gasteiger partial charge in [0.15, 0.2) is 5.69 Å². The molecule has 1 saturated carbocycles. The summed E-state index contributed by atoms with van der Waals surface area (Å²) in [6.07, 6.45) is 10.9. The average molecular weight is 245 g/mol. The van der Waals surface area contributed by atoms with E-state index in [1.54, 1.807) is 18.6 Å². The highest BCUT2D eigenvalue weighted by atomic mass is 16.4. The number of carboxylic acids is 1. The molecule has 5 nitrogen and oxygen atoms in total. The number of aromatic carboxylic acids is 1. The Balaban J connectivity index is 2.13. The first-order chi connectivity index (χ1) is 8.77. The molecule has 0 spiro atoms. The van der Waals surface area contributed by atoms with Crippen molar-refractivity contribution in [1.29, 1.82) is 0 Å². The first-order valence-corrected chi connectivity index (χ1v) is 6.32. The summed E-state index contributed by atoms with van der Waals surface area (Å²) in [5, 5.41) is 9.19. The predicted molar refractivity (Wildman–Crippen MR) is 65.8 cm³/mol. The second-order valence-electron chi connectivity index (χ2n) is 4.79. The monoisotopic (exact) mass is 245 g/mol. The Morgan fingerprint density at radius 3 is 2.83 bits per heavy atom. The number of carbonyl (C=O) groups is 1. The lowest BCUT2D eigenvalue weighted by molar-refractivity contribution is 0.0693. The van der Waals surface area contributed by atoms with Crippen LogP contribution in [0.3, 0.4) is 0 Å². The molecule has 3 rings (SSSR count). The zero-order chi connectivity index (χ0) is 12.5. The van der Waals surface area contributed by atoms with Crippen molar-refractivity contribution in [3.8, 4) is 0 Å². The zero-order valence-corrected chi connectivity index (χ0v) is 10.0. The van der Waals surface area contributed by atoms with Crippen molar-refractivity contribution in [2.24, 2.45) is 0 Å². The number of fused-ring (bicyclic) bond motifs is 1. The van der Waals surface area contributed by atoms with Gasteiger partial charge in [-0.1, -0.05) is 19.3 Å². The standard InChI is InChI=1S/C13H15N3O2/c17-13(18)11-10-8-14-6-7-16(10)12(15-11)9-4-2-1-3-5-9/h6-9H,1-5H2,(H,17,18). The Hall–Kier alpha value is -1.91. The molecule has 1 fully saturated rings. The fourth-order valence-corrected chi connectivity index (χ4v) is 2.77. The van der Waals surface area contributed by atoms with Crippen LogP contribution in [0, 0.1) is 0 Å². The molecule has 0 atom stereocenters. The van der Waals surface area contributed by atoms with Gasteiger partial charge in [0.1, 0.15) is 5.82 Å². The van der Waals surface area contributed by atoms with Gasteiger partial charge in [0, 0.05) is 18.3 Å². The Labute approximate surface area is 104 Å². The third-order valence-electron chi connectivity index (χ3n) is 3.65. The highest BCUT2D eigenvalue weighted by Crippen LogP contribution is 2.32. The van der Waals surface area contributed by atoms with Gasteiger partial charge in [-0.25, -0.2) is 9.78 Å². The Bertz CT molecular complexity index is 585. The molecule has 0 saturated heterocycles. The van der Waals surface area contributed by atoms with Crippen LogP contribution in [0.4, 0.5) is 0 Å². The fraction of sp³-hybridized carbons (Fsp3) is 0.462. The van der Waals surface area contributed by atoms with Crippen molar-refractivity contribution in [2.75, 3.05) is 0 Å². The molecular weight excluding hydrogens is 230 g/mol. The van der Waals surface area contributed by atoms with Crippen molar-refractivity contribution >= 4 is 11.5 Å². The summed E-state index contributed by atoms with van der Waals surface area (Å²) in [6.45, 7) is 0. The van der Waals surface area contributed by atoms with Gasteiger partial charge in [0.25, 0.3) is 0 Å². The second-order valence-corrected chi connectivity index (χ2v) is 4.79. The van der Waals surface area contributed by atoms with E-state index in [0.29, 0.717) is 11.4 Å². The van der Waals surface area contributed by atoms with Gasteiger partial charge in [-0.05, 0) is 12.8 Å². The van der Waals surface area contributed by atoms with Crippen molar-refractivity contribution < 1.29 is 9.90 Å². The smallest absolute Gasteiger partial charge is 0.356 e. The number of hydrogen-bond donors (Lipinski definition) is 1. The lowest BCUT2D eigenvalue weighted by atomic mass is 9.89. The maximum absolute atomic E-state index is 11.2. The highest BCUT2D eigenvalue weighted by Gasteiger charge is 2.24. The normalized spacial score (nSPS) is 17.1. The minimum Gasteiger partial charge on any atom is -0.476 e. The molecular formula is C13H15N3O2. The van der Waals surface area contributed by atoms with Crippen LogP contribution in [0.15, 0.2) is 18.6 Å². The van der Waals surface area contributed by atoms with E-state index >= 15 is 0 Å². The molecule has 1 aliphatic rings. The van der Waals surface area contributed by atoms with Gasteiger partial charge in [-0.3, -0.25) is 9.38 Å². The van der Waals surface area contributed by atoms with E-state index in [1.165, 1.54) is 19.3 Å². The van der Waals surface area contributed by atoms with Gasteiger partial charge in [0.05, 0.1) is 11.7 Å². The van der Waals surface area contributed by atoms with Gasteiger partial charge >= 0.3 is 5.97 Å². The van der Waals surface area contributed by atoms with Crippen LogP contribution in [0.1, 0.15) is 54.3 Å². The van der Waals surface area contributed by atoms with Gasteiger partial charge < -0.3 is 5.11 Å². The van der Waals surface area contributed by atoms with Gasteiger partial charge in [0.2, 0.25) is 0 Å². The van der Waals surface area contributed by atoms with Crippen LogP contribution < -0.4 is 0 Å². The summed E-state index contributed by atoms with van der Waals surface area (Å²) in [5.74, 6) is 0.272. The minimum absolute atomic E-state index is 0.115. The summed E-state index contributed by atoms with van der Waals surface area (Å²) >= 11 is 0. The molecule has 18 heavy (non-hydrogen) atoms. The molecule has 0 aromatic carbocycles. The van der Waals surface area contributed by atoms with Gasteiger partial charge in [-0.15, -0.1) is 0 Å². The van der Waals surface area contributed by atoms with Crippen LogP contribution in [0.2, 0.25) is 0 Å². The SMILES string of the molecule is O=C(O)c1nc(C2CCCCC2)n2ccncc12. The second kappa shape index (κ2) is 4.40. The quantitative estimate of drug-likeness (QED) is 0.882. The molecule has 1 aliphatic carbocycles. The average Bonchev–Trinajstić information content (AvgIpc) is 2.79. The summed E-state index contributed by atoms with van der Waals surface area (Å²) in [5.41, 5.74) is 0.703. The zero-order valence-electron chi connectivity index (χ0n) is 10.0. The third-order valence-corrected chi connectivity index (χ3v) is 3.65. The Kier molecular flexibility index (Phi) is 2.74. The lowest BCUT2D eigenvalue weighted by Gasteiger charge is -2.20. The maximum atomic E-state index is 11.2. The van der Waals surface area contributed by atoms with Gasteiger partial charge in [-0.2, -0.15) is 0 Å². The molecule has 0 amide bonds. The molecule has 2 heterocycles. The Morgan fingerprint density at radius 1 is 1.33 bits per heavy atom. The fourth-order valence-electron chi connectivity index (χ4n) is 2.77. The van der Waals surface area contributed by atoms with Crippen molar-refractivity contribution in [1.82, 2.24) is 14.4 Å². The first-order valence-electron chi connectivity index (χ1n) is 6.32. The molecule has 2 aromatic rings. The number of hydrogen-bond acceptors (Lipinski definition) is 3. The maximum Gasteiger partial charge on any atom is 0.356 e. The molecule has 1 N–H and O–H groups in total. The van der Waals surface area contributed by atoms with Crippen molar-refractivity contribution in [3.63, 3.8) is 0 Å². The van der Waals surface area contributed by atoms with Crippen molar-refractivity contribution in [2.45, 2.75) is 38.0 Å². The Morgan fingerprint density at radius 2 is 2.11 bits per heavy atom. The molecule has 0 aliphatic heterocycles. The number of rotatable bonds is 2. The summed E-state index contributed by atoms with van der Waals surface area (Å²) < 4.78 is 1.88. The predicted octanol–water partition coefficient (Wildman–Crippen LogP) is 2.48. The van der Waals surface area contributed by atoms with E-state index in [0.717, 1.165) is 18.7 Å². The molecule has 0 radical (unpaired) electrons. The van der Waals surface area contributed by atoms with E-state index < -0.39 is 5.97 Å².